The molecule has 0 saturated carbocycles. The molecule has 0 bridgehead atoms. The molecule has 1 atom stereocenters. The van der Waals surface area contributed by atoms with E-state index in [0.717, 1.165) is 0 Å². The molecule has 0 radical (unpaired) electrons. The van der Waals surface area contributed by atoms with Crippen molar-refractivity contribution in [2.75, 3.05) is 6.54 Å². The molecule has 1 aliphatic rings. The Morgan fingerprint density at radius 3 is 2.61 bits per heavy atom. The lowest BCUT2D eigenvalue weighted by molar-refractivity contribution is -0.127. The molecule has 100 valence electrons. The molecular weight excluding hydrogens is 250 g/mol. The van der Waals surface area contributed by atoms with Crippen LogP contribution in [0, 0.1) is 11.3 Å². The summed E-state index contributed by atoms with van der Waals surface area (Å²) >= 11 is 5.78. The van der Waals surface area contributed by atoms with Gasteiger partial charge < -0.3 is 5.32 Å². The zero-order valence-electron chi connectivity index (χ0n) is 11.1. The van der Waals surface area contributed by atoms with Gasteiger partial charge in [0.2, 0.25) is 5.91 Å². The average molecular weight is 270 g/mol. The molecule has 3 nitrogen and oxygen atoms in total. The summed E-state index contributed by atoms with van der Waals surface area (Å²) in [4.78, 5) is 23.4. The smallest absolute Gasteiger partial charge is 0.220 e. The number of allylic oxidation sites excluding steroid dienone is 4. The average Bonchev–Trinajstić information content (AvgIpc) is 2.24. The first-order valence-electron chi connectivity index (χ1n) is 6.11. The number of Topliss-reactive ketones (excluding diaryl/α,β-unsaturated/α-hetero) is 1. The summed E-state index contributed by atoms with van der Waals surface area (Å²) < 4.78 is 0. The molecule has 0 fully saturated rings. The molecule has 0 heterocycles. The lowest BCUT2D eigenvalue weighted by Gasteiger charge is -2.18. The summed E-state index contributed by atoms with van der Waals surface area (Å²) in [5.74, 6) is -0.222. The van der Waals surface area contributed by atoms with Gasteiger partial charge in [-0.2, -0.15) is 0 Å². The number of hydrogen-bond donors (Lipinski definition) is 1. The van der Waals surface area contributed by atoms with Crippen molar-refractivity contribution in [3.63, 3.8) is 0 Å². The monoisotopic (exact) mass is 269 g/mol. The van der Waals surface area contributed by atoms with Crippen molar-refractivity contribution in [2.24, 2.45) is 11.3 Å². The van der Waals surface area contributed by atoms with Crippen molar-refractivity contribution < 1.29 is 9.59 Å². The Hall–Kier alpha value is -1.09. The number of hydrogen-bond acceptors (Lipinski definition) is 2. The second-order valence-corrected chi connectivity index (χ2v) is 6.21. The Kier molecular flexibility index (Phi) is 5.15. The van der Waals surface area contributed by atoms with E-state index in [1.807, 2.05) is 26.8 Å². The third-order valence-corrected chi connectivity index (χ3v) is 2.90. The summed E-state index contributed by atoms with van der Waals surface area (Å²) in [5, 5.41) is 3.33. The highest BCUT2D eigenvalue weighted by Gasteiger charge is 2.19. The fourth-order valence-electron chi connectivity index (χ4n) is 1.69. The van der Waals surface area contributed by atoms with Gasteiger partial charge in [0.25, 0.3) is 0 Å². The number of nitrogens with one attached hydrogen (secondary N) is 1. The molecule has 1 amide bonds. The van der Waals surface area contributed by atoms with Gasteiger partial charge in [-0.25, -0.2) is 0 Å². The van der Waals surface area contributed by atoms with Crippen molar-refractivity contribution in [3.05, 3.63) is 23.3 Å². The largest absolute Gasteiger partial charge is 0.349 e. The second-order valence-electron chi connectivity index (χ2n) is 5.77. The fourth-order valence-corrected chi connectivity index (χ4v) is 1.86. The number of rotatable bonds is 4. The highest BCUT2D eigenvalue weighted by molar-refractivity contribution is 6.31. The molecule has 0 spiro atoms. The number of halogens is 1. The van der Waals surface area contributed by atoms with Crippen molar-refractivity contribution in [3.8, 4) is 0 Å². The highest BCUT2D eigenvalue weighted by Crippen LogP contribution is 2.20. The van der Waals surface area contributed by atoms with Gasteiger partial charge in [0.05, 0.1) is 6.54 Å². The molecule has 1 aliphatic carbocycles. The first kappa shape index (κ1) is 15.0. The molecule has 18 heavy (non-hydrogen) atoms. The van der Waals surface area contributed by atoms with Gasteiger partial charge in [-0.15, -0.1) is 0 Å². The molecular formula is C14H20ClNO2. The molecule has 4 heteroatoms. The maximum absolute atomic E-state index is 11.8. The summed E-state index contributed by atoms with van der Waals surface area (Å²) in [6.07, 6.45) is 6.38. The zero-order valence-corrected chi connectivity index (χ0v) is 11.9. The second kappa shape index (κ2) is 6.19. The summed E-state index contributed by atoms with van der Waals surface area (Å²) in [7, 11) is 0. The van der Waals surface area contributed by atoms with E-state index in [-0.39, 0.29) is 29.6 Å². The molecule has 1 N–H and O–H groups in total. The van der Waals surface area contributed by atoms with Crippen LogP contribution in [-0.4, -0.2) is 18.2 Å². The third-order valence-electron chi connectivity index (χ3n) is 2.62. The minimum absolute atomic E-state index is 0.0222. The van der Waals surface area contributed by atoms with E-state index < -0.39 is 0 Å². The van der Waals surface area contributed by atoms with E-state index in [9.17, 15) is 9.59 Å². The Labute approximate surface area is 113 Å². The third kappa shape index (κ3) is 5.50. The van der Waals surface area contributed by atoms with Crippen LogP contribution in [0.15, 0.2) is 23.3 Å². The van der Waals surface area contributed by atoms with E-state index in [1.165, 1.54) is 0 Å². The molecule has 1 rings (SSSR count). The normalized spacial score (nSPS) is 19.3. The van der Waals surface area contributed by atoms with Crippen LogP contribution in [-0.2, 0) is 9.59 Å². The minimum atomic E-state index is -0.164. The molecule has 0 aromatic heterocycles. The maximum Gasteiger partial charge on any atom is 0.220 e. The summed E-state index contributed by atoms with van der Waals surface area (Å²) in [5.41, 5.74) is -0.0614. The summed E-state index contributed by atoms with van der Waals surface area (Å²) in [6, 6.07) is 0. The fraction of sp³-hybridized carbons (Fsp3) is 0.571. The van der Waals surface area contributed by atoms with Gasteiger partial charge in [-0.3, -0.25) is 9.59 Å². The van der Waals surface area contributed by atoms with E-state index in [1.54, 1.807) is 12.2 Å². The van der Waals surface area contributed by atoms with Gasteiger partial charge in [-0.05, 0) is 17.9 Å². The SMILES string of the molecule is CC(C)(C)CC(=O)NCC(=O)C1C=CC(Cl)=CC1. The van der Waals surface area contributed by atoms with Gasteiger partial charge in [0.15, 0.2) is 5.78 Å². The van der Waals surface area contributed by atoms with Crippen molar-refractivity contribution >= 4 is 23.3 Å². The lowest BCUT2D eigenvalue weighted by Crippen LogP contribution is -2.34. The van der Waals surface area contributed by atoms with Gasteiger partial charge in [-0.1, -0.05) is 44.5 Å². The maximum atomic E-state index is 11.8. The number of carbonyl (C=O) groups is 2. The van der Waals surface area contributed by atoms with E-state index >= 15 is 0 Å². The molecule has 0 aromatic carbocycles. The van der Waals surface area contributed by atoms with Gasteiger partial charge >= 0.3 is 0 Å². The molecule has 0 saturated heterocycles. The topological polar surface area (TPSA) is 46.2 Å². The number of amides is 1. The Bertz CT molecular complexity index is 391. The van der Waals surface area contributed by atoms with E-state index in [0.29, 0.717) is 17.9 Å². The van der Waals surface area contributed by atoms with Crippen molar-refractivity contribution in [1.82, 2.24) is 5.32 Å². The van der Waals surface area contributed by atoms with Crippen LogP contribution in [0.2, 0.25) is 0 Å². The molecule has 1 unspecified atom stereocenters. The standard InChI is InChI=1S/C14H20ClNO2/c1-14(2,3)8-13(18)16-9-12(17)10-4-6-11(15)7-5-10/h4,6-7,10H,5,8-9H2,1-3H3,(H,16,18). The molecule has 0 aliphatic heterocycles. The number of carbonyl (C=O) groups excluding carboxylic acids is 2. The Morgan fingerprint density at radius 2 is 2.11 bits per heavy atom. The van der Waals surface area contributed by atoms with Crippen LogP contribution >= 0.6 is 11.6 Å². The Balaban J connectivity index is 2.34. The predicted octanol–water partition coefficient (Wildman–Crippen LogP) is 2.81. The van der Waals surface area contributed by atoms with Crippen LogP contribution in [0.1, 0.15) is 33.6 Å². The quantitative estimate of drug-likeness (QED) is 0.853. The van der Waals surface area contributed by atoms with Crippen LogP contribution in [0.5, 0.6) is 0 Å². The predicted molar refractivity (Wildman–Crippen MR) is 73.3 cm³/mol. The molecule has 0 aromatic rings. The van der Waals surface area contributed by atoms with Crippen LogP contribution < -0.4 is 5.32 Å². The van der Waals surface area contributed by atoms with Crippen molar-refractivity contribution in [2.45, 2.75) is 33.6 Å². The van der Waals surface area contributed by atoms with Gasteiger partial charge in [0, 0.05) is 17.4 Å². The zero-order chi connectivity index (χ0) is 13.8. The Morgan fingerprint density at radius 1 is 1.44 bits per heavy atom. The lowest BCUT2D eigenvalue weighted by atomic mass is 9.91. The van der Waals surface area contributed by atoms with Gasteiger partial charge in [0.1, 0.15) is 0 Å². The first-order chi connectivity index (χ1) is 8.28. The van der Waals surface area contributed by atoms with Crippen molar-refractivity contribution in [1.29, 1.82) is 0 Å². The minimum Gasteiger partial charge on any atom is -0.349 e. The first-order valence-corrected chi connectivity index (χ1v) is 6.49. The van der Waals surface area contributed by atoms with Crippen LogP contribution in [0.3, 0.4) is 0 Å². The van der Waals surface area contributed by atoms with Crippen LogP contribution in [0.4, 0.5) is 0 Å². The van der Waals surface area contributed by atoms with Crippen LogP contribution in [0.25, 0.3) is 0 Å². The highest BCUT2D eigenvalue weighted by atomic mass is 35.5. The van der Waals surface area contributed by atoms with E-state index in [2.05, 4.69) is 5.32 Å². The summed E-state index contributed by atoms with van der Waals surface area (Å²) in [6.45, 7) is 6.07. The number of ketones is 1. The van der Waals surface area contributed by atoms with E-state index in [4.69, 9.17) is 11.6 Å².